The molecule has 1 fully saturated rings. The highest BCUT2D eigenvalue weighted by atomic mass is 16.5. The first-order chi connectivity index (χ1) is 9.67. The summed E-state index contributed by atoms with van der Waals surface area (Å²) in [7, 11) is 1.33. The minimum Gasteiger partial charge on any atom is -0.465 e. The monoisotopic (exact) mass is 278 g/mol. The molecule has 2 rings (SSSR count). The minimum absolute atomic E-state index is 0.240. The first kappa shape index (κ1) is 14.3. The predicted octanol–water partition coefficient (Wildman–Crippen LogP) is 1.40. The van der Waals surface area contributed by atoms with Gasteiger partial charge in [-0.25, -0.2) is 14.6 Å². The zero-order valence-corrected chi connectivity index (χ0v) is 11.7. The molecule has 6 nitrogen and oxygen atoms in total. The lowest BCUT2D eigenvalue weighted by Gasteiger charge is -2.24. The summed E-state index contributed by atoms with van der Waals surface area (Å²) in [5.41, 5.74) is 0.423. The molecule has 1 aliphatic rings. The molecule has 1 saturated heterocycles. The Morgan fingerprint density at radius 1 is 1.50 bits per heavy atom. The van der Waals surface area contributed by atoms with E-state index in [0.717, 1.165) is 19.4 Å². The van der Waals surface area contributed by atoms with Crippen LogP contribution in [-0.4, -0.2) is 43.2 Å². The van der Waals surface area contributed by atoms with E-state index in [0.29, 0.717) is 18.0 Å². The minimum atomic E-state index is -0.416. The molecule has 2 heterocycles. The zero-order chi connectivity index (χ0) is 14.5. The zero-order valence-electron chi connectivity index (χ0n) is 11.7. The highest BCUT2D eigenvalue weighted by molar-refractivity contribution is 5.90. The van der Waals surface area contributed by atoms with Crippen LogP contribution < -0.4 is 4.90 Å². The van der Waals surface area contributed by atoms with Gasteiger partial charge in [-0.15, -0.1) is 0 Å². The topological polar surface area (TPSA) is 68.7 Å². The fourth-order valence-corrected chi connectivity index (χ4v) is 2.34. The highest BCUT2D eigenvalue weighted by Gasteiger charge is 2.32. The van der Waals surface area contributed by atoms with Crippen molar-refractivity contribution >= 4 is 17.8 Å². The number of carbonyl (C=O) groups excluding carboxylic acids is 2. The number of hydrogen-bond acceptors (Lipinski definition) is 6. The Balaban J connectivity index is 2.21. The van der Waals surface area contributed by atoms with Crippen LogP contribution in [0.3, 0.4) is 0 Å². The SMILES string of the molecule is CCOC(=O)C1CCCN1c1cc(C(=O)OC)ccn1. The van der Waals surface area contributed by atoms with E-state index in [-0.39, 0.29) is 12.0 Å². The van der Waals surface area contributed by atoms with Gasteiger partial charge in [0.05, 0.1) is 19.3 Å². The number of ether oxygens (including phenoxy) is 2. The lowest BCUT2D eigenvalue weighted by atomic mass is 10.2. The van der Waals surface area contributed by atoms with Crippen LogP contribution in [-0.2, 0) is 14.3 Å². The first-order valence-electron chi connectivity index (χ1n) is 6.65. The number of rotatable bonds is 4. The molecule has 0 amide bonds. The molecule has 0 aromatic carbocycles. The number of hydrogen-bond donors (Lipinski definition) is 0. The van der Waals surface area contributed by atoms with E-state index in [2.05, 4.69) is 9.72 Å². The maximum atomic E-state index is 11.9. The van der Waals surface area contributed by atoms with E-state index in [9.17, 15) is 9.59 Å². The predicted molar refractivity (Wildman–Crippen MR) is 72.6 cm³/mol. The van der Waals surface area contributed by atoms with E-state index < -0.39 is 5.97 Å². The summed E-state index contributed by atoms with van der Waals surface area (Å²) in [6, 6.07) is 2.91. The number of aromatic nitrogens is 1. The fourth-order valence-electron chi connectivity index (χ4n) is 2.34. The second-order valence-electron chi connectivity index (χ2n) is 4.50. The number of methoxy groups -OCH3 is 1. The van der Waals surface area contributed by atoms with Crippen LogP contribution in [0.1, 0.15) is 30.1 Å². The molecule has 6 heteroatoms. The van der Waals surface area contributed by atoms with E-state index >= 15 is 0 Å². The lowest BCUT2D eigenvalue weighted by Crippen LogP contribution is -2.37. The molecular formula is C14H18N2O4. The maximum absolute atomic E-state index is 11.9. The summed E-state index contributed by atoms with van der Waals surface area (Å²) in [5, 5.41) is 0. The quantitative estimate of drug-likeness (QED) is 0.775. The Hall–Kier alpha value is -2.11. The normalized spacial score (nSPS) is 17.9. The van der Waals surface area contributed by atoms with Crippen molar-refractivity contribution in [3.8, 4) is 0 Å². The second-order valence-corrected chi connectivity index (χ2v) is 4.50. The van der Waals surface area contributed by atoms with E-state index in [4.69, 9.17) is 4.74 Å². The number of nitrogens with zero attached hydrogens (tertiary/aromatic N) is 2. The van der Waals surface area contributed by atoms with Crippen molar-refractivity contribution in [3.63, 3.8) is 0 Å². The van der Waals surface area contributed by atoms with Gasteiger partial charge >= 0.3 is 11.9 Å². The van der Waals surface area contributed by atoms with Gasteiger partial charge in [-0.3, -0.25) is 0 Å². The molecule has 0 saturated carbocycles. The van der Waals surface area contributed by atoms with Crippen molar-refractivity contribution in [1.29, 1.82) is 0 Å². The van der Waals surface area contributed by atoms with Crippen LogP contribution in [0.5, 0.6) is 0 Å². The summed E-state index contributed by atoms with van der Waals surface area (Å²) >= 11 is 0. The van der Waals surface area contributed by atoms with E-state index in [1.165, 1.54) is 7.11 Å². The molecule has 0 N–H and O–H groups in total. The molecule has 0 radical (unpaired) electrons. The summed E-state index contributed by atoms with van der Waals surface area (Å²) in [6.07, 6.45) is 3.18. The van der Waals surface area contributed by atoms with Crippen molar-refractivity contribution in [1.82, 2.24) is 4.98 Å². The third-order valence-corrected chi connectivity index (χ3v) is 3.27. The largest absolute Gasteiger partial charge is 0.465 e. The Bertz CT molecular complexity index is 504. The molecule has 1 unspecified atom stereocenters. The van der Waals surface area contributed by atoms with Crippen molar-refractivity contribution in [3.05, 3.63) is 23.9 Å². The van der Waals surface area contributed by atoms with Gasteiger partial charge in [-0.2, -0.15) is 0 Å². The third kappa shape index (κ3) is 2.89. The lowest BCUT2D eigenvalue weighted by molar-refractivity contribution is -0.144. The van der Waals surface area contributed by atoms with Gasteiger partial charge in [0.15, 0.2) is 0 Å². The molecule has 1 atom stereocenters. The smallest absolute Gasteiger partial charge is 0.338 e. The van der Waals surface area contributed by atoms with Crippen LogP contribution in [0.25, 0.3) is 0 Å². The number of esters is 2. The highest BCUT2D eigenvalue weighted by Crippen LogP contribution is 2.25. The van der Waals surface area contributed by atoms with Crippen molar-refractivity contribution < 1.29 is 19.1 Å². The molecule has 20 heavy (non-hydrogen) atoms. The van der Waals surface area contributed by atoms with Crippen LogP contribution in [0.15, 0.2) is 18.3 Å². The summed E-state index contributed by atoms with van der Waals surface area (Å²) in [6.45, 7) is 2.87. The number of carbonyl (C=O) groups is 2. The van der Waals surface area contributed by atoms with Crippen molar-refractivity contribution in [2.24, 2.45) is 0 Å². The van der Waals surface area contributed by atoms with Gasteiger partial charge < -0.3 is 14.4 Å². The van der Waals surface area contributed by atoms with Crippen LogP contribution in [0, 0.1) is 0 Å². The molecular weight excluding hydrogens is 260 g/mol. The molecule has 1 aliphatic heterocycles. The van der Waals surface area contributed by atoms with Crippen LogP contribution in [0.2, 0.25) is 0 Å². The van der Waals surface area contributed by atoms with Gasteiger partial charge in [-0.05, 0) is 31.9 Å². The number of anilines is 1. The Kier molecular flexibility index (Phi) is 4.55. The Labute approximate surface area is 117 Å². The van der Waals surface area contributed by atoms with Gasteiger partial charge in [0.2, 0.25) is 0 Å². The average Bonchev–Trinajstić information content (AvgIpc) is 2.96. The van der Waals surface area contributed by atoms with Gasteiger partial charge in [0.1, 0.15) is 11.9 Å². The Morgan fingerprint density at radius 3 is 3.00 bits per heavy atom. The van der Waals surface area contributed by atoms with E-state index in [1.807, 2.05) is 4.90 Å². The Morgan fingerprint density at radius 2 is 2.30 bits per heavy atom. The molecule has 108 valence electrons. The van der Waals surface area contributed by atoms with Crippen LogP contribution in [0.4, 0.5) is 5.82 Å². The van der Waals surface area contributed by atoms with E-state index in [1.54, 1.807) is 25.3 Å². The molecule has 0 bridgehead atoms. The number of pyridine rings is 1. The third-order valence-electron chi connectivity index (χ3n) is 3.27. The standard InChI is InChI=1S/C14H18N2O4/c1-3-20-14(18)11-5-4-8-16(11)12-9-10(6-7-15-12)13(17)19-2/h6-7,9,11H,3-5,8H2,1-2H3. The van der Waals surface area contributed by atoms with Crippen molar-refractivity contribution in [2.75, 3.05) is 25.2 Å². The summed E-state index contributed by atoms with van der Waals surface area (Å²) < 4.78 is 9.77. The average molecular weight is 278 g/mol. The summed E-state index contributed by atoms with van der Waals surface area (Å²) in [4.78, 5) is 29.6. The summed E-state index contributed by atoms with van der Waals surface area (Å²) in [5.74, 6) is -0.0562. The molecule has 1 aromatic rings. The molecule has 1 aromatic heterocycles. The first-order valence-corrected chi connectivity index (χ1v) is 6.65. The maximum Gasteiger partial charge on any atom is 0.338 e. The van der Waals surface area contributed by atoms with Gasteiger partial charge in [0, 0.05) is 12.7 Å². The second kappa shape index (κ2) is 6.36. The molecule has 0 aliphatic carbocycles. The fraction of sp³-hybridized carbons (Fsp3) is 0.500. The van der Waals surface area contributed by atoms with Gasteiger partial charge in [-0.1, -0.05) is 0 Å². The van der Waals surface area contributed by atoms with Crippen molar-refractivity contribution in [2.45, 2.75) is 25.8 Å². The molecule has 0 spiro atoms. The van der Waals surface area contributed by atoms with Crippen LogP contribution >= 0.6 is 0 Å². The van der Waals surface area contributed by atoms with Gasteiger partial charge in [0.25, 0.3) is 0 Å².